The van der Waals surface area contributed by atoms with E-state index in [1.807, 2.05) is 18.2 Å². The van der Waals surface area contributed by atoms with Gasteiger partial charge in [0.2, 0.25) is 0 Å². The van der Waals surface area contributed by atoms with Crippen molar-refractivity contribution in [3.63, 3.8) is 0 Å². The normalized spacial score (nSPS) is 19.5. The number of rotatable bonds is 5. The van der Waals surface area contributed by atoms with Crippen LogP contribution in [0.4, 0.5) is 0 Å². The Morgan fingerprint density at radius 1 is 1.47 bits per heavy atom. The molecule has 1 aliphatic heterocycles. The Morgan fingerprint density at radius 2 is 2.35 bits per heavy atom. The number of carbonyl (C=O) groups excluding carboxylic acids is 1. The summed E-state index contributed by atoms with van der Waals surface area (Å²) in [4.78, 5) is 12.0. The van der Waals surface area contributed by atoms with Crippen molar-refractivity contribution in [3.8, 4) is 0 Å². The fourth-order valence-electron chi connectivity index (χ4n) is 2.27. The quantitative estimate of drug-likeness (QED) is 0.727. The average molecular weight is 232 g/mol. The van der Waals surface area contributed by atoms with Crippen molar-refractivity contribution in [2.45, 2.75) is 45.1 Å². The Labute approximate surface area is 103 Å². The summed E-state index contributed by atoms with van der Waals surface area (Å²) in [5.74, 6) is 0.246. The molecule has 0 aliphatic carbocycles. The van der Waals surface area contributed by atoms with E-state index in [0.29, 0.717) is 12.5 Å². The van der Waals surface area contributed by atoms with Gasteiger partial charge in [0.15, 0.2) is 5.78 Å². The minimum atomic E-state index is 0.246. The van der Waals surface area contributed by atoms with Gasteiger partial charge >= 0.3 is 0 Å². The van der Waals surface area contributed by atoms with E-state index < -0.39 is 0 Å². The molecule has 0 radical (unpaired) electrons. The van der Waals surface area contributed by atoms with Crippen LogP contribution in [0.3, 0.4) is 0 Å². The van der Waals surface area contributed by atoms with Crippen molar-refractivity contribution in [2.24, 2.45) is 0 Å². The zero-order valence-electron chi connectivity index (χ0n) is 10.4. The molecule has 1 saturated heterocycles. The van der Waals surface area contributed by atoms with Crippen molar-refractivity contribution < 1.29 is 9.53 Å². The van der Waals surface area contributed by atoms with Gasteiger partial charge in [-0.05, 0) is 37.3 Å². The predicted octanol–water partition coefficient (Wildman–Crippen LogP) is 3.39. The van der Waals surface area contributed by atoms with Crippen molar-refractivity contribution in [3.05, 3.63) is 35.4 Å². The van der Waals surface area contributed by atoms with Gasteiger partial charge in [0, 0.05) is 18.6 Å². The minimum absolute atomic E-state index is 0.246. The van der Waals surface area contributed by atoms with E-state index >= 15 is 0 Å². The van der Waals surface area contributed by atoms with Gasteiger partial charge in [-0.25, -0.2) is 0 Å². The largest absolute Gasteiger partial charge is 0.378 e. The van der Waals surface area contributed by atoms with Crippen LogP contribution in [0.2, 0.25) is 0 Å². The third-order valence-corrected chi connectivity index (χ3v) is 3.37. The molecule has 17 heavy (non-hydrogen) atoms. The average Bonchev–Trinajstić information content (AvgIpc) is 2.89. The van der Waals surface area contributed by atoms with Gasteiger partial charge in [-0.3, -0.25) is 4.79 Å². The highest BCUT2D eigenvalue weighted by Crippen LogP contribution is 2.18. The SMILES string of the molecule is CCc1cccc(C(=O)CCC2CCCO2)c1. The third kappa shape index (κ3) is 3.40. The standard InChI is InChI=1S/C15H20O2/c1-2-12-5-3-6-13(11-12)15(16)9-8-14-7-4-10-17-14/h3,5-6,11,14H,2,4,7-10H2,1H3. The van der Waals surface area contributed by atoms with Gasteiger partial charge in [0.1, 0.15) is 0 Å². The lowest BCUT2D eigenvalue weighted by Crippen LogP contribution is -2.09. The lowest BCUT2D eigenvalue weighted by atomic mass is 10.0. The molecule has 0 aromatic heterocycles. The molecule has 0 amide bonds. The number of ether oxygens (including phenoxy) is 1. The maximum absolute atomic E-state index is 12.0. The summed E-state index contributed by atoms with van der Waals surface area (Å²) in [6.07, 6.45) is 5.03. The molecule has 1 atom stereocenters. The number of aryl methyl sites for hydroxylation is 1. The van der Waals surface area contributed by atoms with E-state index in [9.17, 15) is 4.79 Å². The van der Waals surface area contributed by atoms with Gasteiger partial charge in [-0.15, -0.1) is 0 Å². The Balaban J connectivity index is 1.89. The molecule has 92 valence electrons. The highest BCUT2D eigenvalue weighted by Gasteiger charge is 2.17. The van der Waals surface area contributed by atoms with Gasteiger partial charge in [0.25, 0.3) is 0 Å². The van der Waals surface area contributed by atoms with Gasteiger partial charge < -0.3 is 4.74 Å². The highest BCUT2D eigenvalue weighted by atomic mass is 16.5. The topological polar surface area (TPSA) is 26.3 Å². The second kappa shape index (κ2) is 5.97. The summed E-state index contributed by atoms with van der Waals surface area (Å²) < 4.78 is 5.53. The van der Waals surface area contributed by atoms with Crippen LogP contribution < -0.4 is 0 Å². The first-order chi connectivity index (χ1) is 8.29. The molecular formula is C15H20O2. The van der Waals surface area contributed by atoms with Crippen LogP contribution in [0, 0.1) is 0 Å². The minimum Gasteiger partial charge on any atom is -0.378 e. The van der Waals surface area contributed by atoms with Crippen LogP contribution in [0.15, 0.2) is 24.3 Å². The van der Waals surface area contributed by atoms with E-state index in [-0.39, 0.29) is 5.78 Å². The maximum atomic E-state index is 12.0. The van der Waals surface area contributed by atoms with E-state index in [2.05, 4.69) is 13.0 Å². The summed E-state index contributed by atoms with van der Waals surface area (Å²) >= 11 is 0. The lowest BCUT2D eigenvalue weighted by molar-refractivity contribution is 0.0859. The Kier molecular flexibility index (Phi) is 4.32. The molecule has 1 heterocycles. The molecule has 1 unspecified atom stereocenters. The summed E-state index contributed by atoms with van der Waals surface area (Å²) in [5, 5.41) is 0. The van der Waals surface area contributed by atoms with Gasteiger partial charge in [-0.2, -0.15) is 0 Å². The zero-order valence-corrected chi connectivity index (χ0v) is 10.4. The van der Waals surface area contributed by atoms with Crippen LogP contribution in [-0.2, 0) is 11.2 Å². The summed E-state index contributed by atoms with van der Waals surface area (Å²) in [6, 6.07) is 7.96. The first-order valence-corrected chi connectivity index (χ1v) is 6.53. The van der Waals surface area contributed by atoms with Crippen LogP contribution >= 0.6 is 0 Å². The highest BCUT2D eigenvalue weighted by molar-refractivity contribution is 5.96. The maximum Gasteiger partial charge on any atom is 0.162 e. The fraction of sp³-hybridized carbons (Fsp3) is 0.533. The molecular weight excluding hydrogens is 212 g/mol. The van der Waals surface area contributed by atoms with Crippen molar-refractivity contribution in [2.75, 3.05) is 6.61 Å². The number of benzene rings is 1. The summed E-state index contributed by atoms with van der Waals surface area (Å²) in [7, 11) is 0. The number of carbonyl (C=O) groups is 1. The molecule has 1 aromatic carbocycles. The van der Waals surface area contributed by atoms with Crippen LogP contribution in [0.25, 0.3) is 0 Å². The second-order valence-corrected chi connectivity index (χ2v) is 4.65. The number of hydrogen-bond donors (Lipinski definition) is 0. The van der Waals surface area contributed by atoms with Crippen molar-refractivity contribution in [1.29, 1.82) is 0 Å². The number of Topliss-reactive ketones (excluding diaryl/α,β-unsaturated/α-hetero) is 1. The smallest absolute Gasteiger partial charge is 0.162 e. The van der Waals surface area contributed by atoms with Crippen LogP contribution in [0.1, 0.15) is 48.5 Å². The zero-order chi connectivity index (χ0) is 12.1. The molecule has 0 saturated carbocycles. The molecule has 0 bridgehead atoms. The molecule has 2 rings (SSSR count). The van der Waals surface area contributed by atoms with Crippen molar-refractivity contribution >= 4 is 5.78 Å². The van der Waals surface area contributed by atoms with Gasteiger partial charge in [0.05, 0.1) is 6.10 Å². The van der Waals surface area contributed by atoms with Crippen molar-refractivity contribution in [1.82, 2.24) is 0 Å². The summed E-state index contributed by atoms with van der Waals surface area (Å²) in [6.45, 7) is 2.97. The van der Waals surface area contributed by atoms with E-state index in [0.717, 1.165) is 37.9 Å². The fourth-order valence-corrected chi connectivity index (χ4v) is 2.27. The molecule has 2 heteroatoms. The Bertz CT molecular complexity index is 378. The van der Waals surface area contributed by atoms with E-state index in [4.69, 9.17) is 4.74 Å². The Morgan fingerprint density at radius 3 is 3.06 bits per heavy atom. The molecule has 0 spiro atoms. The number of hydrogen-bond acceptors (Lipinski definition) is 2. The second-order valence-electron chi connectivity index (χ2n) is 4.65. The molecule has 1 aromatic rings. The molecule has 0 N–H and O–H groups in total. The van der Waals surface area contributed by atoms with E-state index in [1.165, 1.54) is 5.56 Å². The monoisotopic (exact) mass is 232 g/mol. The van der Waals surface area contributed by atoms with Gasteiger partial charge in [-0.1, -0.05) is 25.1 Å². The first-order valence-electron chi connectivity index (χ1n) is 6.53. The third-order valence-electron chi connectivity index (χ3n) is 3.37. The summed E-state index contributed by atoms with van der Waals surface area (Å²) in [5.41, 5.74) is 2.08. The van der Waals surface area contributed by atoms with Crippen LogP contribution in [0.5, 0.6) is 0 Å². The predicted molar refractivity (Wildman–Crippen MR) is 68.4 cm³/mol. The van der Waals surface area contributed by atoms with E-state index in [1.54, 1.807) is 0 Å². The molecule has 1 fully saturated rings. The number of ketones is 1. The molecule has 1 aliphatic rings. The first kappa shape index (κ1) is 12.3. The van der Waals surface area contributed by atoms with Crippen LogP contribution in [-0.4, -0.2) is 18.5 Å². The Hall–Kier alpha value is -1.15. The molecule has 2 nitrogen and oxygen atoms in total. The lowest BCUT2D eigenvalue weighted by Gasteiger charge is -2.08.